The van der Waals surface area contributed by atoms with Crippen molar-refractivity contribution in [2.75, 3.05) is 13.1 Å². The molecule has 1 aliphatic heterocycles. The minimum Gasteiger partial charge on any atom is -0.391 e. The first kappa shape index (κ1) is 17.5. The standard InChI is InChI=1S/C18H24N4O3S/c23-15-5-4-12(17(25)21-6-2-1-3-7-21)10-13(15)19-16(24)14-11-22-8-9-26-18(22)20-14/h8-9,11-13,15,23H,1-7,10H2,(H,19,24)/t12-,13+,15+/m0/s1. The zero-order valence-electron chi connectivity index (χ0n) is 14.6. The Morgan fingerprint density at radius 2 is 2.04 bits per heavy atom. The number of fused-ring (bicyclic) bond motifs is 1. The second kappa shape index (κ2) is 7.36. The summed E-state index contributed by atoms with van der Waals surface area (Å²) in [6.07, 6.45) is 7.96. The summed E-state index contributed by atoms with van der Waals surface area (Å²) in [6, 6.07) is -0.408. The normalized spacial score (nSPS) is 26.8. The van der Waals surface area contributed by atoms with Gasteiger partial charge in [-0.1, -0.05) is 0 Å². The van der Waals surface area contributed by atoms with E-state index < -0.39 is 12.1 Å². The van der Waals surface area contributed by atoms with E-state index in [1.807, 2.05) is 16.5 Å². The van der Waals surface area contributed by atoms with Crippen LogP contribution in [0.25, 0.3) is 4.96 Å². The number of aliphatic hydroxyl groups is 1. The fourth-order valence-electron chi connectivity index (χ4n) is 3.99. The van der Waals surface area contributed by atoms with Crippen molar-refractivity contribution in [3.63, 3.8) is 0 Å². The summed E-state index contributed by atoms with van der Waals surface area (Å²) in [5.41, 5.74) is 0.341. The summed E-state index contributed by atoms with van der Waals surface area (Å²) < 4.78 is 1.81. The molecule has 3 heterocycles. The van der Waals surface area contributed by atoms with Crippen LogP contribution < -0.4 is 5.32 Å². The van der Waals surface area contributed by atoms with Crippen LogP contribution in [-0.4, -0.2) is 56.4 Å². The van der Waals surface area contributed by atoms with E-state index in [-0.39, 0.29) is 17.7 Å². The summed E-state index contributed by atoms with van der Waals surface area (Å²) in [5.74, 6) is -0.235. The summed E-state index contributed by atoms with van der Waals surface area (Å²) in [4.78, 5) is 32.3. The average Bonchev–Trinajstić information content (AvgIpc) is 3.26. The van der Waals surface area contributed by atoms with Gasteiger partial charge >= 0.3 is 0 Å². The number of carbonyl (C=O) groups excluding carboxylic acids is 2. The van der Waals surface area contributed by atoms with Crippen molar-refractivity contribution in [3.8, 4) is 0 Å². The molecule has 0 aromatic carbocycles. The van der Waals surface area contributed by atoms with Gasteiger partial charge in [0.25, 0.3) is 5.91 Å². The molecule has 2 N–H and O–H groups in total. The quantitative estimate of drug-likeness (QED) is 0.853. The van der Waals surface area contributed by atoms with Gasteiger partial charge in [0, 0.05) is 36.8 Å². The molecule has 4 rings (SSSR count). The fraction of sp³-hybridized carbons (Fsp3) is 0.611. The van der Waals surface area contributed by atoms with Crippen LogP contribution in [0.5, 0.6) is 0 Å². The largest absolute Gasteiger partial charge is 0.391 e. The number of rotatable bonds is 3. The molecule has 7 nitrogen and oxygen atoms in total. The number of nitrogens with one attached hydrogen (secondary N) is 1. The molecule has 2 aromatic heterocycles. The Kier molecular flexibility index (Phi) is 4.95. The topological polar surface area (TPSA) is 86.9 Å². The molecule has 1 saturated heterocycles. The molecular weight excluding hydrogens is 352 g/mol. The summed E-state index contributed by atoms with van der Waals surface area (Å²) >= 11 is 1.46. The maximum absolute atomic E-state index is 12.8. The number of hydrogen-bond acceptors (Lipinski definition) is 5. The molecule has 8 heteroatoms. The van der Waals surface area contributed by atoms with Gasteiger partial charge in [-0.25, -0.2) is 4.98 Å². The van der Waals surface area contributed by atoms with Crippen LogP contribution in [0.1, 0.15) is 49.0 Å². The van der Waals surface area contributed by atoms with Crippen LogP contribution in [0, 0.1) is 5.92 Å². The van der Waals surface area contributed by atoms with Gasteiger partial charge in [0.15, 0.2) is 4.96 Å². The Balaban J connectivity index is 1.40. The first-order chi connectivity index (χ1) is 12.6. The van der Waals surface area contributed by atoms with E-state index in [1.54, 1.807) is 10.6 Å². The monoisotopic (exact) mass is 376 g/mol. The van der Waals surface area contributed by atoms with Crippen molar-refractivity contribution in [2.24, 2.45) is 5.92 Å². The molecular formula is C18H24N4O3S. The minimum absolute atomic E-state index is 0.118. The molecule has 26 heavy (non-hydrogen) atoms. The third kappa shape index (κ3) is 3.48. The van der Waals surface area contributed by atoms with Crippen molar-refractivity contribution in [1.82, 2.24) is 19.6 Å². The van der Waals surface area contributed by atoms with Crippen molar-refractivity contribution in [1.29, 1.82) is 0 Å². The van der Waals surface area contributed by atoms with E-state index in [0.717, 1.165) is 30.9 Å². The van der Waals surface area contributed by atoms with Gasteiger partial charge in [0.2, 0.25) is 5.91 Å². The van der Waals surface area contributed by atoms with Gasteiger partial charge in [-0.15, -0.1) is 11.3 Å². The molecule has 2 fully saturated rings. The van der Waals surface area contributed by atoms with Gasteiger partial charge in [0.05, 0.1) is 12.1 Å². The molecule has 0 spiro atoms. The summed E-state index contributed by atoms with van der Waals surface area (Å²) in [6.45, 7) is 1.67. The molecule has 3 atom stereocenters. The van der Waals surface area contributed by atoms with Gasteiger partial charge < -0.3 is 15.3 Å². The van der Waals surface area contributed by atoms with Crippen molar-refractivity contribution in [3.05, 3.63) is 23.5 Å². The highest BCUT2D eigenvalue weighted by atomic mass is 32.1. The molecule has 2 amide bonds. The Morgan fingerprint density at radius 3 is 2.81 bits per heavy atom. The fourth-order valence-corrected chi connectivity index (χ4v) is 4.69. The van der Waals surface area contributed by atoms with Crippen molar-refractivity contribution < 1.29 is 14.7 Å². The van der Waals surface area contributed by atoms with E-state index in [0.29, 0.717) is 25.0 Å². The lowest BCUT2D eigenvalue weighted by Crippen LogP contribution is -2.50. The maximum atomic E-state index is 12.8. The van der Waals surface area contributed by atoms with E-state index in [4.69, 9.17) is 0 Å². The molecule has 1 aliphatic carbocycles. The zero-order valence-corrected chi connectivity index (χ0v) is 15.5. The Morgan fingerprint density at radius 1 is 1.23 bits per heavy atom. The van der Waals surface area contributed by atoms with Gasteiger partial charge in [-0.05, 0) is 38.5 Å². The van der Waals surface area contributed by atoms with Crippen LogP contribution in [0.2, 0.25) is 0 Å². The molecule has 2 aliphatic rings. The molecule has 0 bridgehead atoms. The number of aliphatic hydroxyl groups excluding tert-OH is 1. The predicted molar refractivity (Wildman–Crippen MR) is 98.1 cm³/mol. The number of piperidine rings is 1. The SMILES string of the molecule is O=C(N[C@@H]1C[C@@H](C(=O)N2CCCCC2)CC[C@H]1O)c1cn2ccsc2n1. The van der Waals surface area contributed by atoms with Crippen molar-refractivity contribution >= 4 is 28.1 Å². The Hall–Kier alpha value is -1.93. The third-order valence-electron chi connectivity index (χ3n) is 5.47. The highest BCUT2D eigenvalue weighted by molar-refractivity contribution is 7.15. The van der Waals surface area contributed by atoms with E-state index in [2.05, 4.69) is 10.3 Å². The van der Waals surface area contributed by atoms with E-state index in [9.17, 15) is 14.7 Å². The van der Waals surface area contributed by atoms with Crippen LogP contribution in [0.15, 0.2) is 17.8 Å². The number of aromatic nitrogens is 2. The number of imidazole rings is 1. The number of likely N-dealkylation sites (tertiary alicyclic amines) is 1. The highest BCUT2D eigenvalue weighted by Crippen LogP contribution is 2.28. The molecule has 0 radical (unpaired) electrons. The number of nitrogens with zero attached hydrogens (tertiary/aromatic N) is 3. The number of amides is 2. The third-order valence-corrected chi connectivity index (χ3v) is 6.24. The van der Waals surface area contributed by atoms with Crippen LogP contribution in [-0.2, 0) is 4.79 Å². The lowest BCUT2D eigenvalue weighted by atomic mass is 9.82. The maximum Gasteiger partial charge on any atom is 0.271 e. The first-order valence-corrected chi connectivity index (χ1v) is 10.2. The second-order valence-corrected chi connectivity index (χ2v) is 8.14. The Bertz CT molecular complexity index is 767. The molecule has 140 valence electrons. The van der Waals surface area contributed by atoms with Crippen molar-refractivity contribution in [2.45, 2.75) is 50.7 Å². The van der Waals surface area contributed by atoms with E-state index >= 15 is 0 Å². The molecule has 1 saturated carbocycles. The summed E-state index contributed by atoms with van der Waals surface area (Å²) in [5, 5.41) is 15.1. The average molecular weight is 376 g/mol. The first-order valence-electron chi connectivity index (χ1n) is 9.32. The number of hydrogen-bond donors (Lipinski definition) is 2. The lowest BCUT2D eigenvalue weighted by molar-refractivity contribution is -0.138. The molecule has 2 aromatic rings. The van der Waals surface area contributed by atoms with Gasteiger partial charge in [0.1, 0.15) is 5.69 Å². The van der Waals surface area contributed by atoms with Crippen LogP contribution >= 0.6 is 11.3 Å². The van der Waals surface area contributed by atoms with E-state index in [1.165, 1.54) is 17.8 Å². The Labute approximate surface area is 156 Å². The zero-order chi connectivity index (χ0) is 18.1. The number of thiazole rings is 1. The summed E-state index contributed by atoms with van der Waals surface area (Å²) in [7, 11) is 0. The lowest BCUT2D eigenvalue weighted by Gasteiger charge is -2.36. The second-order valence-electron chi connectivity index (χ2n) is 7.26. The number of carbonyl (C=O) groups is 2. The minimum atomic E-state index is -0.618. The smallest absolute Gasteiger partial charge is 0.271 e. The van der Waals surface area contributed by atoms with Gasteiger partial charge in [-0.3, -0.25) is 14.0 Å². The van der Waals surface area contributed by atoms with Crippen LogP contribution in [0.3, 0.4) is 0 Å². The highest BCUT2D eigenvalue weighted by Gasteiger charge is 2.36. The van der Waals surface area contributed by atoms with Crippen LogP contribution in [0.4, 0.5) is 0 Å². The van der Waals surface area contributed by atoms with Gasteiger partial charge in [-0.2, -0.15) is 0 Å². The predicted octanol–water partition coefficient (Wildman–Crippen LogP) is 1.67. The molecule has 0 unspecified atom stereocenters.